The van der Waals surface area contributed by atoms with Crippen molar-refractivity contribution >= 4 is 17.0 Å². The molecule has 2 heterocycles. The van der Waals surface area contributed by atoms with Crippen molar-refractivity contribution in [3.05, 3.63) is 44.9 Å². The van der Waals surface area contributed by atoms with Crippen LogP contribution in [0.2, 0.25) is 0 Å². The molecule has 0 aliphatic heterocycles. The predicted molar refractivity (Wildman–Crippen MR) is 75.5 cm³/mol. The Morgan fingerprint density at radius 2 is 2.45 bits per heavy atom. The summed E-state index contributed by atoms with van der Waals surface area (Å²) in [5.74, 6) is 0. The molecule has 0 saturated carbocycles. The number of nitro groups is 1. The van der Waals surface area contributed by atoms with Gasteiger partial charge in [-0.05, 0) is 29.4 Å². The quantitative estimate of drug-likeness (QED) is 0.616. The zero-order chi connectivity index (χ0) is 14.5. The van der Waals surface area contributed by atoms with Gasteiger partial charge in [-0.2, -0.15) is 16.4 Å². The average Bonchev–Trinajstić information content (AvgIpc) is 2.99. The Morgan fingerprint density at radius 3 is 3.05 bits per heavy atom. The molecule has 7 nitrogen and oxygen atoms in total. The van der Waals surface area contributed by atoms with Crippen LogP contribution in [0.5, 0.6) is 0 Å². The zero-order valence-electron chi connectivity index (χ0n) is 11.0. The highest BCUT2D eigenvalue weighted by Gasteiger charge is 2.13. The Balaban J connectivity index is 1.82. The van der Waals surface area contributed by atoms with Gasteiger partial charge in [-0.15, -0.1) is 0 Å². The molecular weight excluding hydrogens is 280 g/mol. The Morgan fingerprint density at radius 1 is 1.65 bits per heavy atom. The van der Waals surface area contributed by atoms with Crippen LogP contribution in [0.4, 0.5) is 5.69 Å². The van der Waals surface area contributed by atoms with E-state index in [1.54, 1.807) is 11.3 Å². The first-order valence-corrected chi connectivity index (χ1v) is 7.03. The van der Waals surface area contributed by atoms with E-state index in [-0.39, 0.29) is 12.2 Å². The molecule has 20 heavy (non-hydrogen) atoms. The third-order valence-corrected chi connectivity index (χ3v) is 3.52. The molecule has 0 bridgehead atoms. The molecule has 2 aromatic rings. The number of nitrogens with zero attached hydrogens (tertiary/aromatic N) is 4. The van der Waals surface area contributed by atoms with Crippen LogP contribution >= 0.6 is 11.3 Å². The summed E-state index contributed by atoms with van der Waals surface area (Å²) in [5, 5.41) is 28.5. The van der Waals surface area contributed by atoms with E-state index in [1.165, 1.54) is 22.6 Å². The van der Waals surface area contributed by atoms with Crippen LogP contribution < -0.4 is 0 Å². The topological polar surface area (TPSA) is 84.4 Å². The lowest BCUT2D eigenvalue weighted by molar-refractivity contribution is -0.385. The van der Waals surface area contributed by atoms with Gasteiger partial charge in [-0.1, -0.05) is 0 Å². The Kier molecular flexibility index (Phi) is 4.83. The molecule has 1 atom stereocenters. The fourth-order valence-electron chi connectivity index (χ4n) is 1.94. The summed E-state index contributed by atoms with van der Waals surface area (Å²) in [6.45, 7) is 1.48. The van der Waals surface area contributed by atoms with Crippen molar-refractivity contribution in [1.82, 2.24) is 14.7 Å². The minimum absolute atomic E-state index is 0.0659. The first-order chi connectivity index (χ1) is 9.54. The molecule has 0 aliphatic rings. The first kappa shape index (κ1) is 14.6. The first-order valence-electron chi connectivity index (χ1n) is 6.09. The van der Waals surface area contributed by atoms with Crippen LogP contribution in [0.25, 0.3) is 0 Å². The second-order valence-corrected chi connectivity index (χ2v) is 5.44. The lowest BCUT2D eigenvalue weighted by atomic mass is 10.3. The van der Waals surface area contributed by atoms with Crippen molar-refractivity contribution in [1.29, 1.82) is 0 Å². The molecule has 2 rings (SSSR count). The molecule has 0 aromatic carbocycles. The molecule has 2 aromatic heterocycles. The number of rotatable bonds is 7. The smallest absolute Gasteiger partial charge is 0.306 e. The maximum Gasteiger partial charge on any atom is 0.306 e. The molecular formula is C12H16N4O3S. The van der Waals surface area contributed by atoms with Gasteiger partial charge in [0, 0.05) is 13.1 Å². The summed E-state index contributed by atoms with van der Waals surface area (Å²) in [4.78, 5) is 12.0. The van der Waals surface area contributed by atoms with Crippen LogP contribution in [0.3, 0.4) is 0 Å². The summed E-state index contributed by atoms with van der Waals surface area (Å²) in [6, 6.07) is 2.05. The standard InChI is InChI=1S/C12H16N4O3S/c1-14(5-10-2-3-20-9-10)7-12(17)8-15-6-11(4-13-15)16(18)19/h2-4,6,9,12,17H,5,7-8H2,1H3. The Labute approximate surface area is 120 Å². The van der Waals surface area contributed by atoms with Crippen LogP contribution in [0, 0.1) is 10.1 Å². The van der Waals surface area contributed by atoms with Crippen molar-refractivity contribution in [2.45, 2.75) is 19.2 Å². The number of hydrogen-bond donors (Lipinski definition) is 1. The third kappa shape index (κ3) is 4.12. The number of hydrogen-bond acceptors (Lipinski definition) is 6. The second-order valence-electron chi connectivity index (χ2n) is 4.66. The van der Waals surface area contributed by atoms with Gasteiger partial charge >= 0.3 is 5.69 Å². The van der Waals surface area contributed by atoms with Crippen LogP contribution in [-0.2, 0) is 13.1 Å². The summed E-state index contributed by atoms with van der Waals surface area (Å²) in [7, 11) is 1.92. The maximum absolute atomic E-state index is 10.5. The molecule has 8 heteroatoms. The maximum atomic E-state index is 10.5. The second kappa shape index (κ2) is 6.60. The van der Waals surface area contributed by atoms with Gasteiger partial charge in [0.25, 0.3) is 0 Å². The molecule has 0 amide bonds. The summed E-state index contributed by atoms with van der Waals surface area (Å²) >= 11 is 1.64. The molecule has 0 fully saturated rings. The summed E-state index contributed by atoms with van der Waals surface area (Å²) in [6.07, 6.45) is 1.88. The Hall–Kier alpha value is -1.77. The third-order valence-electron chi connectivity index (χ3n) is 2.78. The van der Waals surface area contributed by atoms with Crippen molar-refractivity contribution in [3.8, 4) is 0 Å². The fraction of sp³-hybridized carbons (Fsp3) is 0.417. The molecule has 108 valence electrons. The molecule has 0 saturated heterocycles. The predicted octanol–water partition coefficient (Wildman–Crippen LogP) is 1.35. The molecule has 1 N–H and O–H groups in total. The minimum atomic E-state index is -0.627. The van der Waals surface area contributed by atoms with Crippen LogP contribution in [0.15, 0.2) is 29.2 Å². The van der Waals surface area contributed by atoms with E-state index >= 15 is 0 Å². The van der Waals surface area contributed by atoms with Crippen LogP contribution in [-0.4, -0.2) is 44.4 Å². The molecule has 0 aliphatic carbocycles. The highest BCUT2D eigenvalue weighted by Crippen LogP contribution is 2.10. The molecule has 0 radical (unpaired) electrons. The van der Waals surface area contributed by atoms with Crippen molar-refractivity contribution in [2.24, 2.45) is 0 Å². The van der Waals surface area contributed by atoms with Gasteiger partial charge in [0.15, 0.2) is 0 Å². The van der Waals surface area contributed by atoms with E-state index in [9.17, 15) is 15.2 Å². The minimum Gasteiger partial charge on any atom is -0.390 e. The van der Waals surface area contributed by atoms with Gasteiger partial charge in [-0.3, -0.25) is 19.7 Å². The number of likely N-dealkylation sites (N-methyl/N-ethyl adjacent to an activating group) is 1. The fourth-order valence-corrected chi connectivity index (χ4v) is 2.60. The zero-order valence-corrected chi connectivity index (χ0v) is 11.9. The van der Waals surface area contributed by atoms with Crippen molar-refractivity contribution in [2.75, 3.05) is 13.6 Å². The highest BCUT2D eigenvalue weighted by atomic mass is 32.1. The van der Waals surface area contributed by atoms with E-state index < -0.39 is 11.0 Å². The normalized spacial score (nSPS) is 12.8. The highest BCUT2D eigenvalue weighted by molar-refractivity contribution is 7.07. The number of aliphatic hydroxyl groups excluding tert-OH is 1. The molecule has 1 unspecified atom stereocenters. The largest absolute Gasteiger partial charge is 0.390 e. The van der Waals surface area contributed by atoms with Gasteiger partial charge in [0.2, 0.25) is 0 Å². The summed E-state index contributed by atoms with van der Waals surface area (Å²) < 4.78 is 1.39. The van der Waals surface area contributed by atoms with Gasteiger partial charge < -0.3 is 5.11 Å². The molecule has 0 spiro atoms. The van der Waals surface area contributed by atoms with E-state index in [1.807, 2.05) is 23.4 Å². The van der Waals surface area contributed by atoms with Gasteiger partial charge in [-0.25, -0.2) is 0 Å². The SMILES string of the molecule is CN(Cc1ccsc1)CC(O)Cn1cc([N+](=O)[O-])cn1. The number of thiophene rings is 1. The van der Waals surface area contributed by atoms with E-state index in [4.69, 9.17) is 0 Å². The average molecular weight is 296 g/mol. The summed E-state index contributed by atoms with van der Waals surface area (Å²) in [5.41, 5.74) is 1.14. The van der Waals surface area contributed by atoms with Crippen molar-refractivity contribution in [3.63, 3.8) is 0 Å². The number of aliphatic hydroxyl groups is 1. The van der Waals surface area contributed by atoms with Crippen molar-refractivity contribution < 1.29 is 10.0 Å². The van der Waals surface area contributed by atoms with Crippen LogP contribution in [0.1, 0.15) is 5.56 Å². The van der Waals surface area contributed by atoms with Gasteiger partial charge in [0.1, 0.15) is 12.4 Å². The monoisotopic (exact) mass is 296 g/mol. The Bertz CT molecular complexity index is 555. The van der Waals surface area contributed by atoms with E-state index in [2.05, 4.69) is 10.5 Å². The van der Waals surface area contributed by atoms with E-state index in [0.717, 1.165) is 6.54 Å². The lowest BCUT2D eigenvalue weighted by Gasteiger charge is -2.19. The van der Waals surface area contributed by atoms with Gasteiger partial charge in [0.05, 0.1) is 17.6 Å². The lowest BCUT2D eigenvalue weighted by Crippen LogP contribution is -2.31. The van der Waals surface area contributed by atoms with E-state index in [0.29, 0.717) is 6.54 Å². The number of aromatic nitrogens is 2.